The van der Waals surface area contributed by atoms with Crippen LogP contribution in [0.25, 0.3) is 0 Å². The minimum atomic E-state index is -0.441. The van der Waals surface area contributed by atoms with E-state index in [1.165, 1.54) is 18.6 Å². The predicted molar refractivity (Wildman–Crippen MR) is 82.6 cm³/mol. The molecule has 1 saturated carbocycles. The second-order valence-corrected chi connectivity index (χ2v) is 7.23. The van der Waals surface area contributed by atoms with Gasteiger partial charge in [0.1, 0.15) is 5.54 Å². The third-order valence-corrected chi connectivity index (χ3v) is 5.24. The van der Waals surface area contributed by atoms with Crippen LogP contribution in [0.5, 0.6) is 0 Å². The molecule has 0 aromatic carbocycles. The average Bonchev–Trinajstić information content (AvgIpc) is 2.38. The molecule has 4 heteroatoms. The molecule has 0 saturated heterocycles. The maximum Gasteiger partial charge on any atom is 0.326 e. The topological polar surface area (TPSA) is 38.3 Å². The molecule has 3 nitrogen and oxygen atoms in total. The molecule has 0 aliphatic heterocycles. The Hall–Kier alpha value is -0.220. The maximum atomic E-state index is 12.2. The molecule has 1 rings (SSSR count). The van der Waals surface area contributed by atoms with Crippen molar-refractivity contribution in [2.24, 2.45) is 5.92 Å². The zero-order valence-corrected chi connectivity index (χ0v) is 13.6. The summed E-state index contributed by atoms with van der Waals surface area (Å²) in [7, 11) is 1.89. The zero-order valence-electron chi connectivity index (χ0n) is 12.8. The Kier molecular flexibility index (Phi) is 7.22. The summed E-state index contributed by atoms with van der Waals surface area (Å²) in [5.41, 5.74) is -0.441. The summed E-state index contributed by atoms with van der Waals surface area (Å²) in [5, 5.41) is 3.83. The Bertz CT molecular complexity index is 283. The molecule has 0 amide bonds. The molecule has 1 fully saturated rings. The van der Waals surface area contributed by atoms with Crippen molar-refractivity contribution in [3.63, 3.8) is 0 Å². The first-order chi connectivity index (χ1) is 9.04. The first-order valence-corrected chi connectivity index (χ1v) is 8.56. The van der Waals surface area contributed by atoms with Crippen LogP contribution in [-0.4, -0.2) is 36.2 Å². The smallest absolute Gasteiger partial charge is 0.326 e. The molecule has 2 unspecified atom stereocenters. The summed E-state index contributed by atoms with van der Waals surface area (Å²) in [4.78, 5) is 12.2. The highest BCUT2D eigenvalue weighted by Gasteiger charge is 2.42. The van der Waals surface area contributed by atoms with Crippen molar-refractivity contribution in [1.29, 1.82) is 0 Å². The Morgan fingerprint density at radius 3 is 2.84 bits per heavy atom. The SMILES string of the molecule is CCOC(=O)C1(NC)CCCC(SCCC(C)C)C1. The van der Waals surface area contributed by atoms with Gasteiger partial charge in [-0.1, -0.05) is 13.8 Å². The fourth-order valence-electron chi connectivity index (χ4n) is 2.62. The Labute approximate surface area is 122 Å². The summed E-state index contributed by atoms with van der Waals surface area (Å²) in [6.07, 6.45) is 5.41. The standard InChI is InChI=1S/C15H29NO2S/c1-5-18-14(17)15(16-4)9-6-7-13(11-15)19-10-8-12(2)3/h12-13,16H,5-11H2,1-4H3. The van der Waals surface area contributed by atoms with Crippen molar-refractivity contribution in [3.05, 3.63) is 0 Å². The number of thioether (sulfide) groups is 1. The number of esters is 1. The average molecular weight is 287 g/mol. The van der Waals surface area contributed by atoms with Crippen molar-refractivity contribution in [2.75, 3.05) is 19.4 Å². The van der Waals surface area contributed by atoms with Gasteiger partial charge in [-0.25, -0.2) is 0 Å². The summed E-state index contributed by atoms with van der Waals surface area (Å²) < 4.78 is 5.26. The third kappa shape index (κ3) is 4.99. The molecule has 0 radical (unpaired) electrons. The molecule has 1 aliphatic carbocycles. The molecular weight excluding hydrogens is 258 g/mol. The van der Waals surface area contributed by atoms with Crippen LogP contribution in [0.4, 0.5) is 0 Å². The van der Waals surface area contributed by atoms with Crippen LogP contribution < -0.4 is 5.32 Å². The highest BCUT2D eigenvalue weighted by atomic mass is 32.2. The molecule has 1 N–H and O–H groups in total. The lowest BCUT2D eigenvalue weighted by Gasteiger charge is -2.38. The second-order valence-electron chi connectivity index (χ2n) is 5.82. The highest BCUT2D eigenvalue weighted by molar-refractivity contribution is 7.99. The predicted octanol–water partition coefficient (Wildman–Crippen LogP) is 3.23. The lowest BCUT2D eigenvalue weighted by atomic mass is 9.81. The molecule has 0 spiro atoms. The normalized spacial score (nSPS) is 27.5. The Balaban J connectivity index is 2.52. The van der Waals surface area contributed by atoms with Crippen LogP contribution in [0.15, 0.2) is 0 Å². The van der Waals surface area contributed by atoms with Gasteiger partial charge in [0.25, 0.3) is 0 Å². The minimum Gasteiger partial charge on any atom is -0.465 e. The lowest BCUT2D eigenvalue weighted by Crippen LogP contribution is -2.54. The lowest BCUT2D eigenvalue weighted by molar-refractivity contribution is -0.152. The van der Waals surface area contributed by atoms with Crippen LogP contribution in [-0.2, 0) is 9.53 Å². The number of ether oxygens (including phenoxy) is 1. The van der Waals surface area contributed by atoms with E-state index in [9.17, 15) is 4.79 Å². The van der Waals surface area contributed by atoms with Gasteiger partial charge < -0.3 is 10.1 Å². The second kappa shape index (κ2) is 8.15. The summed E-state index contributed by atoms with van der Waals surface area (Å²) in [6.45, 7) is 6.86. The first kappa shape index (κ1) is 16.8. The van der Waals surface area contributed by atoms with E-state index in [1.807, 2.05) is 25.7 Å². The van der Waals surface area contributed by atoms with E-state index in [0.717, 1.165) is 25.2 Å². The van der Waals surface area contributed by atoms with Crippen molar-refractivity contribution in [2.45, 2.75) is 63.7 Å². The van der Waals surface area contributed by atoms with Gasteiger partial charge in [-0.15, -0.1) is 0 Å². The summed E-state index contributed by atoms with van der Waals surface area (Å²) in [6, 6.07) is 0. The van der Waals surface area contributed by atoms with Gasteiger partial charge >= 0.3 is 5.97 Å². The number of rotatable bonds is 7. The molecule has 0 bridgehead atoms. The van der Waals surface area contributed by atoms with Crippen molar-refractivity contribution in [1.82, 2.24) is 5.32 Å². The molecule has 0 aromatic rings. The molecule has 112 valence electrons. The van der Waals surface area contributed by atoms with Gasteiger partial charge in [-0.3, -0.25) is 4.79 Å². The fraction of sp³-hybridized carbons (Fsp3) is 0.933. The fourth-order valence-corrected chi connectivity index (χ4v) is 4.30. The Morgan fingerprint density at radius 2 is 2.26 bits per heavy atom. The quantitative estimate of drug-likeness (QED) is 0.730. The number of hydrogen-bond donors (Lipinski definition) is 1. The minimum absolute atomic E-state index is 0.0633. The number of nitrogens with one attached hydrogen (secondary N) is 1. The first-order valence-electron chi connectivity index (χ1n) is 7.51. The largest absolute Gasteiger partial charge is 0.465 e. The summed E-state index contributed by atoms with van der Waals surface area (Å²) >= 11 is 2.03. The number of hydrogen-bond acceptors (Lipinski definition) is 4. The van der Waals surface area contributed by atoms with Gasteiger partial charge in [-0.05, 0) is 57.7 Å². The van der Waals surface area contributed by atoms with E-state index >= 15 is 0 Å². The van der Waals surface area contributed by atoms with Gasteiger partial charge in [0.05, 0.1) is 6.61 Å². The molecule has 0 aromatic heterocycles. The van der Waals surface area contributed by atoms with E-state index in [1.54, 1.807) is 0 Å². The third-order valence-electron chi connectivity index (χ3n) is 3.90. The van der Waals surface area contributed by atoms with Crippen LogP contribution in [0.3, 0.4) is 0 Å². The molecule has 0 heterocycles. The molecule has 1 aliphatic rings. The molecule has 2 atom stereocenters. The van der Waals surface area contributed by atoms with Crippen LogP contribution in [0, 0.1) is 5.92 Å². The van der Waals surface area contributed by atoms with Gasteiger partial charge in [0, 0.05) is 5.25 Å². The Morgan fingerprint density at radius 1 is 1.53 bits per heavy atom. The van der Waals surface area contributed by atoms with Crippen molar-refractivity contribution in [3.8, 4) is 0 Å². The maximum absolute atomic E-state index is 12.2. The number of carbonyl (C=O) groups is 1. The van der Waals surface area contributed by atoms with E-state index in [-0.39, 0.29) is 5.97 Å². The van der Waals surface area contributed by atoms with Crippen molar-refractivity contribution >= 4 is 17.7 Å². The summed E-state index contributed by atoms with van der Waals surface area (Å²) in [5.74, 6) is 1.90. The van der Waals surface area contributed by atoms with Gasteiger partial charge in [0.2, 0.25) is 0 Å². The van der Waals surface area contributed by atoms with E-state index in [2.05, 4.69) is 19.2 Å². The number of carbonyl (C=O) groups excluding carboxylic acids is 1. The number of likely N-dealkylation sites (N-methyl/N-ethyl adjacent to an activating group) is 1. The van der Waals surface area contributed by atoms with Crippen LogP contribution in [0.2, 0.25) is 0 Å². The van der Waals surface area contributed by atoms with Crippen LogP contribution >= 0.6 is 11.8 Å². The molecular formula is C15H29NO2S. The van der Waals surface area contributed by atoms with E-state index in [0.29, 0.717) is 11.9 Å². The van der Waals surface area contributed by atoms with E-state index in [4.69, 9.17) is 4.74 Å². The van der Waals surface area contributed by atoms with Crippen LogP contribution in [0.1, 0.15) is 52.9 Å². The monoisotopic (exact) mass is 287 g/mol. The van der Waals surface area contributed by atoms with E-state index < -0.39 is 5.54 Å². The van der Waals surface area contributed by atoms with Gasteiger partial charge in [-0.2, -0.15) is 11.8 Å². The molecule has 19 heavy (non-hydrogen) atoms. The highest BCUT2D eigenvalue weighted by Crippen LogP contribution is 2.36. The van der Waals surface area contributed by atoms with Crippen molar-refractivity contribution < 1.29 is 9.53 Å². The van der Waals surface area contributed by atoms with Gasteiger partial charge in [0.15, 0.2) is 0 Å². The zero-order chi connectivity index (χ0) is 14.3.